The number of nitrogens with zero attached hydrogens (tertiary/aromatic N) is 1. The SMILES string of the molecule is CN(CC(=O)NC(=O)NCc1ccccc1)C1CCCc2ccccc21. The Morgan fingerprint density at radius 1 is 1.08 bits per heavy atom. The van der Waals surface area contributed by atoms with Crippen LogP contribution in [0.25, 0.3) is 0 Å². The maximum atomic E-state index is 12.2. The number of hydrogen-bond donors (Lipinski definition) is 2. The van der Waals surface area contributed by atoms with E-state index in [1.165, 1.54) is 11.1 Å². The van der Waals surface area contributed by atoms with Crippen molar-refractivity contribution in [3.05, 3.63) is 71.3 Å². The Kier molecular flexibility index (Phi) is 6.02. The summed E-state index contributed by atoms with van der Waals surface area (Å²) in [5.74, 6) is -0.291. The van der Waals surface area contributed by atoms with Crippen LogP contribution in [0.5, 0.6) is 0 Å². The van der Waals surface area contributed by atoms with Crippen LogP contribution in [-0.2, 0) is 17.8 Å². The Bertz CT molecular complexity index is 761. The van der Waals surface area contributed by atoms with Crippen molar-refractivity contribution in [3.8, 4) is 0 Å². The highest BCUT2D eigenvalue weighted by molar-refractivity contribution is 5.95. The van der Waals surface area contributed by atoms with Crippen molar-refractivity contribution in [1.29, 1.82) is 0 Å². The average molecular weight is 351 g/mol. The van der Waals surface area contributed by atoms with Crippen molar-refractivity contribution in [1.82, 2.24) is 15.5 Å². The van der Waals surface area contributed by atoms with E-state index >= 15 is 0 Å². The molecule has 0 radical (unpaired) electrons. The minimum absolute atomic E-state index is 0.192. The predicted octanol–water partition coefficient (Wildman–Crippen LogP) is 3.02. The van der Waals surface area contributed by atoms with Crippen LogP contribution >= 0.6 is 0 Å². The quantitative estimate of drug-likeness (QED) is 0.870. The number of rotatable bonds is 5. The first kappa shape index (κ1) is 18.1. The minimum atomic E-state index is -0.462. The number of fused-ring (bicyclic) bond motifs is 1. The van der Waals surface area contributed by atoms with E-state index in [1.54, 1.807) is 0 Å². The van der Waals surface area contributed by atoms with Crippen molar-refractivity contribution in [3.63, 3.8) is 0 Å². The molecular weight excluding hydrogens is 326 g/mol. The number of imide groups is 1. The Labute approximate surface area is 154 Å². The first-order valence-corrected chi connectivity index (χ1v) is 9.03. The van der Waals surface area contributed by atoms with E-state index in [1.807, 2.05) is 48.3 Å². The molecule has 26 heavy (non-hydrogen) atoms. The summed E-state index contributed by atoms with van der Waals surface area (Å²) in [4.78, 5) is 26.2. The van der Waals surface area contributed by atoms with Crippen molar-refractivity contribution in [2.24, 2.45) is 0 Å². The number of urea groups is 1. The molecule has 5 nitrogen and oxygen atoms in total. The number of nitrogens with one attached hydrogen (secondary N) is 2. The second-order valence-corrected chi connectivity index (χ2v) is 6.74. The van der Waals surface area contributed by atoms with Gasteiger partial charge in [-0.3, -0.25) is 15.0 Å². The van der Waals surface area contributed by atoms with Crippen LogP contribution in [-0.4, -0.2) is 30.4 Å². The fourth-order valence-corrected chi connectivity index (χ4v) is 3.51. The molecule has 1 atom stereocenters. The average Bonchev–Trinajstić information content (AvgIpc) is 2.66. The molecule has 5 heteroatoms. The molecule has 0 saturated carbocycles. The van der Waals surface area contributed by atoms with E-state index in [0.29, 0.717) is 6.54 Å². The largest absolute Gasteiger partial charge is 0.334 e. The fraction of sp³-hybridized carbons (Fsp3) is 0.333. The van der Waals surface area contributed by atoms with E-state index < -0.39 is 6.03 Å². The number of likely N-dealkylation sites (N-methyl/N-ethyl adjacent to an activating group) is 1. The van der Waals surface area contributed by atoms with Crippen molar-refractivity contribution in [2.45, 2.75) is 31.8 Å². The van der Waals surface area contributed by atoms with Crippen LogP contribution < -0.4 is 10.6 Å². The molecule has 0 aliphatic heterocycles. The fourth-order valence-electron chi connectivity index (χ4n) is 3.51. The van der Waals surface area contributed by atoms with Crippen LogP contribution in [0.2, 0.25) is 0 Å². The van der Waals surface area contributed by atoms with Gasteiger partial charge in [0.2, 0.25) is 5.91 Å². The maximum absolute atomic E-state index is 12.2. The van der Waals surface area contributed by atoms with Gasteiger partial charge in [-0.2, -0.15) is 0 Å². The molecule has 0 saturated heterocycles. The van der Waals surface area contributed by atoms with Crippen molar-refractivity contribution >= 4 is 11.9 Å². The van der Waals surface area contributed by atoms with E-state index in [0.717, 1.165) is 24.8 Å². The smallest absolute Gasteiger partial charge is 0.321 e. The van der Waals surface area contributed by atoms with E-state index in [-0.39, 0.29) is 18.5 Å². The van der Waals surface area contributed by atoms with Crippen LogP contribution in [0.3, 0.4) is 0 Å². The van der Waals surface area contributed by atoms with Gasteiger partial charge in [-0.05, 0) is 43.0 Å². The second kappa shape index (κ2) is 8.63. The number of carbonyl (C=O) groups excluding carboxylic acids is 2. The highest BCUT2D eigenvalue weighted by atomic mass is 16.2. The topological polar surface area (TPSA) is 61.4 Å². The molecule has 2 aromatic rings. The lowest BCUT2D eigenvalue weighted by molar-refractivity contribution is -0.121. The molecule has 1 aliphatic rings. The normalized spacial score (nSPS) is 16.0. The molecular formula is C21H25N3O2. The molecule has 1 aliphatic carbocycles. The van der Waals surface area contributed by atoms with Crippen LogP contribution in [0.15, 0.2) is 54.6 Å². The predicted molar refractivity (Wildman–Crippen MR) is 102 cm³/mol. The lowest BCUT2D eigenvalue weighted by atomic mass is 9.87. The molecule has 0 bridgehead atoms. The molecule has 0 aromatic heterocycles. The zero-order chi connectivity index (χ0) is 18.4. The van der Waals surface area contributed by atoms with Gasteiger partial charge in [0.25, 0.3) is 0 Å². The number of hydrogen-bond acceptors (Lipinski definition) is 3. The summed E-state index contributed by atoms with van der Waals surface area (Å²) in [6.45, 7) is 0.587. The molecule has 0 spiro atoms. The minimum Gasteiger partial charge on any atom is -0.334 e. The van der Waals surface area contributed by atoms with E-state index in [4.69, 9.17) is 0 Å². The molecule has 1 unspecified atom stereocenters. The van der Waals surface area contributed by atoms with Gasteiger partial charge in [0.1, 0.15) is 0 Å². The monoisotopic (exact) mass is 351 g/mol. The molecule has 136 valence electrons. The summed E-state index contributed by atoms with van der Waals surface area (Å²) in [5.41, 5.74) is 3.64. The summed E-state index contributed by atoms with van der Waals surface area (Å²) in [6.07, 6.45) is 3.24. The van der Waals surface area contributed by atoms with Gasteiger partial charge in [-0.15, -0.1) is 0 Å². The first-order chi connectivity index (χ1) is 12.6. The third kappa shape index (κ3) is 4.70. The van der Waals surface area contributed by atoms with Crippen molar-refractivity contribution < 1.29 is 9.59 Å². The van der Waals surface area contributed by atoms with Gasteiger partial charge in [0.15, 0.2) is 0 Å². The van der Waals surface area contributed by atoms with Gasteiger partial charge >= 0.3 is 6.03 Å². The standard InChI is InChI=1S/C21H25N3O2/c1-24(19-13-7-11-17-10-5-6-12-18(17)19)15-20(25)23-21(26)22-14-16-8-3-2-4-9-16/h2-6,8-10,12,19H,7,11,13-15H2,1H3,(H2,22,23,25,26). The number of aryl methyl sites for hydroxylation is 1. The van der Waals surface area contributed by atoms with E-state index in [9.17, 15) is 9.59 Å². The molecule has 2 aromatic carbocycles. The van der Waals surface area contributed by atoms with Crippen molar-refractivity contribution in [2.75, 3.05) is 13.6 Å². The highest BCUT2D eigenvalue weighted by Crippen LogP contribution is 2.33. The van der Waals surface area contributed by atoms with E-state index in [2.05, 4.69) is 28.8 Å². The van der Waals surface area contributed by atoms with Gasteiger partial charge in [-0.1, -0.05) is 54.6 Å². The lowest BCUT2D eigenvalue weighted by Crippen LogP contribution is -2.44. The molecule has 0 heterocycles. The summed E-state index contributed by atoms with van der Waals surface area (Å²) >= 11 is 0. The van der Waals surface area contributed by atoms with Gasteiger partial charge in [-0.25, -0.2) is 4.79 Å². The van der Waals surface area contributed by atoms with Crippen LogP contribution in [0.1, 0.15) is 35.6 Å². The summed E-state index contributed by atoms with van der Waals surface area (Å²) in [5, 5.41) is 5.12. The van der Waals surface area contributed by atoms with Gasteiger partial charge in [0, 0.05) is 12.6 Å². The van der Waals surface area contributed by atoms with Gasteiger partial charge in [0.05, 0.1) is 6.54 Å². The molecule has 3 amide bonds. The zero-order valence-electron chi connectivity index (χ0n) is 15.1. The summed E-state index contributed by atoms with van der Waals surface area (Å²) in [6, 6.07) is 17.8. The highest BCUT2D eigenvalue weighted by Gasteiger charge is 2.24. The zero-order valence-corrected chi connectivity index (χ0v) is 15.1. The van der Waals surface area contributed by atoms with Crippen LogP contribution in [0, 0.1) is 0 Å². The maximum Gasteiger partial charge on any atom is 0.321 e. The Balaban J connectivity index is 1.49. The van der Waals surface area contributed by atoms with Gasteiger partial charge < -0.3 is 5.32 Å². The number of benzene rings is 2. The lowest BCUT2D eigenvalue weighted by Gasteiger charge is -2.32. The molecule has 0 fully saturated rings. The first-order valence-electron chi connectivity index (χ1n) is 9.03. The van der Waals surface area contributed by atoms with Crippen LogP contribution in [0.4, 0.5) is 4.79 Å². The Morgan fingerprint density at radius 2 is 1.81 bits per heavy atom. The summed E-state index contributed by atoms with van der Waals surface area (Å²) < 4.78 is 0. The Morgan fingerprint density at radius 3 is 2.62 bits per heavy atom. The number of carbonyl (C=O) groups is 2. The third-order valence-electron chi connectivity index (χ3n) is 4.81. The molecule has 2 N–H and O–H groups in total. The third-order valence-corrected chi connectivity index (χ3v) is 4.81. The second-order valence-electron chi connectivity index (χ2n) is 6.74. The Hall–Kier alpha value is -2.66. The number of amides is 3. The summed E-state index contributed by atoms with van der Waals surface area (Å²) in [7, 11) is 1.94. The molecule has 3 rings (SSSR count).